The average molecular weight is 483 g/mol. The van der Waals surface area contributed by atoms with Crippen molar-refractivity contribution in [2.75, 3.05) is 46.6 Å². The van der Waals surface area contributed by atoms with Gasteiger partial charge >= 0.3 is 12.1 Å². The molecular formula is C26H30N2O7. The molecule has 186 valence electrons. The summed E-state index contributed by atoms with van der Waals surface area (Å²) in [5, 5.41) is 12.0. The summed E-state index contributed by atoms with van der Waals surface area (Å²) in [4.78, 5) is 37.5. The van der Waals surface area contributed by atoms with Crippen LogP contribution in [0.2, 0.25) is 0 Å². The molecule has 1 aliphatic heterocycles. The molecule has 0 unspecified atom stereocenters. The predicted molar refractivity (Wildman–Crippen MR) is 127 cm³/mol. The zero-order valence-electron chi connectivity index (χ0n) is 19.7. The minimum atomic E-state index is -1.23. The first kappa shape index (κ1) is 24.7. The van der Waals surface area contributed by atoms with Crippen molar-refractivity contribution in [2.24, 2.45) is 0 Å². The molecule has 0 radical (unpaired) electrons. The number of carbonyl (C=O) groups excluding carboxylic acids is 2. The maximum absolute atomic E-state index is 12.3. The van der Waals surface area contributed by atoms with Crippen LogP contribution in [-0.4, -0.2) is 80.1 Å². The summed E-state index contributed by atoms with van der Waals surface area (Å²) in [7, 11) is 1.37. The Labute approximate surface area is 204 Å². The van der Waals surface area contributed by atoms with E-state index >= 15 is 0 Å². The van der Waals surface area contributed by atoms with Gasteiger partial charge in [-0.2, -0.15) is 0 Å². The number of alkyl carbamates (subject to hydrolysis) is 1. The Morgan fingerprint density at radius 3 is 2.20 bits per heavy atom. The first-order chi connectivity index (χ1) is 16.9. The van der Waals surface area contributed by atoms with Crippen molar-refractivity contribution in [2.45, 2.75) is 24.4 Å². The van der Waals surface area contributed by atoms with Gasteiger partial charge in [0.05, 0.1) is 6.61 Å². The number of piperidine rings is 1. The van der Waals surface area contributed by atoms with Gasteiger partial charge in [0.15, 0.2) is 5.60 Å². The molecule has 4 rings (SSSR count). The molecule has 2 aromatic rings. The topological polar surface area (TPSA) is 114 Å². The van der Waals surface area contributed by atoms with E-state index in [0.717, 1.165) is 11.1 Å². The Morgan fingerprint density at radius 1 is 1.03 bits per heavy atom. The van der Waals surface area contributed by atoms with E-state index in [2.05, 4.69) is 29.6 Å². The van der Waals surface area contributed by atoms with E-state index in [1.807, 2.05) is 24.3 Å². The molecule has 1 heterocycles. The molecule has 2 N–H and O–H groups in total. The number of methoxy groups -OCH3 is 1. The van der Waals surface area contributed by atoms with Crippen LogP contribution in [0, 0.1) is 0 Å². The average Bonchev–Trinajstić information content (AvgIpc) is 3.20. The minimum Gasteiger partial charge on any atom is -0.479 e. The Hall–Kier alpha value is -3.43. The van der Waals surface area contributed by atoms with Gasteiger partial charge < -0.3 is 29.5 Å². The van der Waals surface area contributed by atoms with Crippen molar-refractivity contribution in [3.63, 3.8) is 0 Å². The Balaban J connectivity index is 1.15. The van der Waals surface area contributed by atoms with Crippen LogP contribution in [0.25, 0.3) is 11.1 Å². The third-order valence-corrected chi connectivity index (χ3v) is 6.79. The van der Waals surface area contributed by atoms with Gasteiger partial charge in [-0.3, -0.25) is 4.79 Å². The number of nitrogens with one attached hydrogen (secondary N) is 1. The number of carboxylic acid groups (broad SMARTS) is 1. The van der Waals surface area contributed by atoms with Crippen molar-refractivity contribution in [1.82, 2.24) is 10.2 Å². The number of benzene rings is 2. The number of hydrogen-bond donors (Lipinski definition) is 2. The van der Waals surface area contributed by atoms with Crippen LogP contribution >= 0.6 is 0 Å². The second kappa shape index (κ2) is 10.9. The summed E-state index contributed by atoms with van der Waals surface area (Å²) in [6.45, 7) is 1.03. The number of likely N-dealkylation sites (tertiary alicyclic amines) is 1. The number of fused-ring (bicyclic) bond motifs is 3. The second-order valence-corrected chi connectivity index (χ2v) is 8.69. The molecule has 9 heteroatoms. The van der Waals surface area contributed by atoms with Gasteiger partial charge in [-0.25, -0.2) is 9.59 Å². The van der Waals surface area contributed by atoms with E-state index in [1.165, 1.54) is 18.2 Å². The molecule has 0 spiro atoms. The van der Waals surface area contributed by atoms with Crippen molar-refractivity contribution < 1.29 is 33.7 Å². The van der Waals surface area contributed by atoms with Crippen molar-refractivity contribution in [3.05, 3.63) is 59.7 Å². The Morgan fingerprint density at radius 2 is 1.63 bits per heavy atom. The fourth-order valence-electron chi connectivity index (χ4n) is 4.75. The molecule has 1 fully saturated rings. The molecule has 0 saturated carbocycles. The number of ether oxygens (including phenoxy) is 3. The van der Waals surface area contributed by atoms with Crippen LogP contribution < -0.4 is 5.32 Å². The monoisotopic (exact) mass is 482 g/mol. The van der Waals surface area contributed by atoms with Gasteiger partial charge in [-0.1, -0.05) is 48.5 Å². The number of nitrogens with zero attached hydrogens (tertiary/aromatic N) is 1. The van der Waals surface area contributed by atoms with Crippen LogP contribution in [0.4, 0.5) is 4.79 Å². The normalized spacial score (nSPS) is 16.3. The smallest absolute Gasteiger partial charge is 0.407 e. The molecule has 0 aromatic heterocycles. The molecule has 2 aromatic carbocycles. The third kappa shape index (κ3) is 5.31. The largest absolute Gasteiger partial charge is 0.479 e. The highest BCUT2D eigenvalue weighted by Gasteiger charge is 2.42. The lowest BCUT2D eigenvalue weighted by Gasteiger charge is -2.37. The number of carbonyl (C=O) groups is 3. The molecule has 2 amide bonds. The first-order valence-electron chi connectivity index (χ1n) is 11.7. The van der Waals surface area contributed by atoms with Gasteiger partial charge in [0.25, 0.3) is 0 Å². The van der Waals surface area contributed by atoms with E-state index in [-0.39, 0.29) is 51.0 Å². The summed E-state index contributed by atoms with van der Waals surface area (Å²) < 4.78 is 16.0. The van der Waals surface area contributed by atoms with Crippen LogP contribution in [0.1, 0.15) is 29.9 Å². The second-order valence-electron chi connectivity index (χ2n) is 8.69. The quantitative estimate of drug-likeness (QED) is 0.528. The first-order valence-corrected chi connectivity index (χ1v) is 11.7. The zero-order valence-corrected chi connectivity index (χ0v) is 19.7. The van der Waals surface area contributed by atoms with E-state index in [9.17, 15) is 19.5 Å². The predicted octanol–water partition coefficient (Wildman–Crippen LogP) is 2.63. The minimum absolute atomic E-state index is 0.00969. The van der Waals surface area contributed by atoms with E-state index in [1.54, 1.807) is 4.90 Å². The molecule has 1 saturated heterocycles. The molecular weight excluding hydrogens is 452 g/mol. The molecule has 9 nitrogen and oxygen atoms in total. The lowest BCUT2D eigenvalue weighted by molar-refractivity contribution is -0.170. The van der Waals surface area contributed by atoms with Crippen molar-refractivity contribution in [1.29, 1.82) is 0 Å². The maximum Gasteiger partial charge on any atom is 0.407 e. The molecule has 1 aliphatic carbocycles. The van der Waals surface area contributed by atoms with Gasteiger partial charge in [0, 0.05) is 45.5 Å². The summed E-state index contributed by atoms with van der Waals surface area (Å²) >= 11 is 0. The lowest BCUT2D eigenvalue weighted by Crippen LogP contribution is -2.52. The van der Waals surface area contributed by atoms with Crippen molar-refractivity contribution >= 4 is 18.0 Å². The summed E-state index contributed by atoms with van der Waals surface area (Å²) in [5.74, 6) is -1.24. The van der Waals surface area contributed by atoms with Crippen LogP contribution in [0.3, 0.4) is 0 Å². The third-order valence-electron chi connectivity index (χ3n) is 6.79. The number of rotatable bonds is 9. The molecule has 0 bridgehead atoms. The Kier molecular flexibility index (Phi) is 7.67. The maximum atomic E-state index is 12.3. The highest BCUT2D eigenvalue weighted by atomic mass is 16.5. The van der Waals surface area contributed by atoms with E-state index in [4.69, 9.17) is 14.2 Å². The Bertz CT molecular complexity index is 1030. The van der Waals surface area contributed by atoms with Gasteiger partial charge in [-0.15, -0.1) is 0 Å². The number of amides is 2. The summed E-state index contributed by atoms with van der Waals surface area (Å²) in [6, 6.07) is 16.3. The molecule has 35 heavy (non-hydrogen) atoms. The van der Waals surface area contributed by atoms with Crippen LogP contribution in [-0.2, 0) is 23.8 Å². The van der Waals surface area contributed by atoms with Gasteiger partial charge in [0.1, 0.15) is 13.2 Å². The highest BCUT2D eigenvalue weighted by Crippen LogP contribution is 2.44. The fourth-order valence-corrected chi connectivity index (χ4v) is 4.75. The van der Waals surface area contributed by atoms with Gasteiger partial charge in [-0.05, 0) is 22.3 Å². The zero-order chi connectivity index (χ0) is 24.8. The fraction of sp³-hybridized carbons (Fsp3) is 0.423. The van der Waals surface area contributed by atoms with Crippen LogP contribution in [0.5, 0.6) is 0 Å². The van der Waals surface area contributed by atoms with E-state index in [0.29, 0.717) is 13.1 Å². The van der Waals surface area contributed by atoms with Gasteiger partial charge in [0.2, 0.25) is 5.91 Å². The number of aliphatic carboxylic acids is 1. The number of hydrogen-bond acceptors (Lipinski definition) is 6. The summed E-state index contributed by atoms with van der Waals surface area (Å²) in [5.41, 5.74) is 3.39. The number of carboxylic acids is 1. The molecule has 2 aliphatic rings. The van der Waals surface area contributed by atoms with Crippen LogP contribution in [0.15, 0.2) is 48.5 Å². The van der Waals surface area contributed by atoms with E-state index < -0.39 is 17.7 Å². The molecule has 0 atom stereocenters. The highest BCUT2D eigenvalue weighted by molar-refractivity contribution is 5.80. The lowest BCUT2D eigenvalue weighted by atomic mass is 9.91. The summed E-state index contributed by atoms with van der Waals surface area (Å²) in [6.07, 6.45) is -0.0793. The SMILES string of the molecule is COC1(C(=O)O)CCN(C(=O)COCCNC(=O)OCC2c3ccccc3-c3ccccc32)CC1. The van der Waals surface area contributed by atoms with Crippen molar-refractivity contribution in [3.8, 4) is 11.1 Å². The standard InChI is InChI=1S/C26H30N2O7/c1-33-26(24(30)31)10-13-28(14-11-26)23(29)17-34-15-12-27-25(32)35-16-22-20-8-4-2-6-18(20)19-7-3-5-9-21(19)22/h2-9,22H,10-17H2,1H3,(H,27,32)(H,30,31).